The van der Waals surface area contributed by atoms with E-state index in [0.717, 1.165) is 14.5 Å². The molecule has 0 aliphatic heterocycles. The number of nitrogens with one attached hydrogen (secondary N) is 1. The van der Waals surface area contributed by atoms with Crippen LogP contribution in [0, 0.1) is 0 Å². The van der Waals surface area contributed by atoms with Crippen LogP contribution in [0.5, 0.6) is 0 Å². The third kappa shape index (κ3) is 5.13. The first-order valence-corrected chi connectivity index (χ1v) is 7.45. The fourth-order valence-electron chi connectivity index (χ4n) is 1.59. The lowest BCUT2D eigenvalue weighted by atomic mass is 10.1. The van der Waals surface area contributed by atoms with Gasteiger partial charge < -0.3 is 10.1 Å². The van der Waals surface area contributed by atoms with E-state index in [4.69, 9.17) is 10.3 Å². The largest absolute Gasteiger partial charge is 0.468 e. The van der Waals surface area contributed by atoms with Crippen LogP contribution in [0.15, 0.2) is 32.3 Å². The number of hydrogen-bond donors (Lipinski definition) is 1. The molecule has 0 aliphatic carbocycles. The highest BCUT2D eigenvalue weighted by atomic mass is 79.9. The Morgan fingerprint density at radius 3 is 2.85 bits per heavy atom. The molecule has 0 heterocycles. The number of halogens is 2. The topological polar surface area (TPSA) is 87.1 Å². The summed E-state index contributed by atoms with van der Waals surface area (Å²) in [5.74, 6) is -0.358. The van der Waals surface area contributed by atoms with Gasteiger partial charge in [0, 0.05) is 20.4 Å². The lowest BCUT2D eigenvalue weighted by molar-refractivity contribution is -0.143. The number of carbonyl (C=O) groups excluding carboxylic acids is 1. The molecule has 0 fully saturated rings. The predicted molar refractivity (Wildman–Crippen MR) is 83.2 cm³/mol. The van der Waals surface area contributed by atoms with Crippen molar-refractivity contribution in [2.75, 3.05) is 20.2 Å². The summed E-state index contributed by atoms with van der Waals surface area (Å²) in [5.41, 5.74) is 8.99. The van der Waals surface area contributed by atoms with E-state index in [1.54, 1.807) is 0 Å². The minimum Gasteiger partial charge on any atom is -0.468 e. The third-order valence-corrected chi connectivity index (χ3v) is 4.44. The molecule has 1 aromatic carbocycles. The summed E-state index contributed by atoms with van der Waals surface area (Å²) in [6.07, 6.45) is 0.648. The molecule has 0 radical (unpaired) electrons. The van der Waals surface area contributed by atoms with Crippen molar-refractivity contribution in [3.8, 4) is 0 Å². The van der Waals surface area contributed by atoms with Gasteiger partial charge in [0.25, 0.3) is 0 Å². The second-order valence-corrected chi connectivity index (χ2v) is 5.60. The minimum absolute atomic E-state index is 0.358. The molecular formula is C12H14Br2N4O2. The van der Waals surface area contributed by atoms with Crippen LogP contribution in [0.2, 0.25) is 0 Å². The maximum Gasteiger partial charge on any atom is 0.327 e. The van der Waals surface area contributed by atoms with Gasteiger partial charge >= 0.3 is 5.97 Å². The van der Waals surface area contributed by atoms with Crippen LogP contribution in [0.4, 0.5) is 0 Å². The van der Waals surface area contributed by atoms with E-state index < -0.39 is 6.04 Å². The Morgan fingerprint density at radius 2 is 2.25 bits per heavy atom. The van der Waals surface area contributed by atoms with Crippen molar-refractivity contribution >= 4 is 37.8 Å². The number of rotatable bonds is 7. The fraction of sp³-hybridized carbons (Fsp3) is 0.417. The molecule has 108 valence electrons. The van der Waals surface area contributed by atoms with Gasteiger partial charge in [-0.15, -0.1) is 0 Å². The Balaban J connectivity index is 2.75. The molecule has 1 rings (SSSR count). The summed E-state index contributed by atoms with van der Waals surface area (Å²) < 4.78 is 6.58. The Bertz CT molecular complexity index is 518. The van der Waals surface area contributed by atoms with E-state index in [-0.39, 0.29) is 5.97 Å². The number of azide groups is 1. The van der Waals surface area contributed by atoms with Crippen molar-refractivity contribution in [3.63, 3.8) is 0 Å². The van der Waals surface area contributed by atoms with E-state index in [1.165, 1.54) is 7.11 Å². The molecule has 1 aromatic rings. The van der Waals surface area contributed by atoms with Crippen molar-refractivity contribution in [3.05, 3.63) is 43.2 Å². The highest BCUT2D eigenvalue weighted by Gasteiger charge is 2.21. The van der Waals surface area contributed by atoms with Gasteiger partial charge in [-0.3, -0.25) is 0 Å². The summed E-state index contributed by atoms with van der Waals surface area (Å²) in [7, 11) is 1.35. The lowest BCUT2D eigenvalue weighted by Crippen LogP contribution is -2.30. The Hall–Kier alpha value is -1.08. The summed E-state index contributed by atoms with van der Waals surface area (Å²) in [6, 6.07) is 5.01. The average Bonchev–Trinajstić information content (AvgIpc) is 2.45. The van der Waals surface area contributed by atoms with Crippen molar-refractivity contribution in [1.82, 2.24) is 5.32 Å². The predicted octanol–water partition coefficient (Wildman–Crippen LogP) is 3.72. The van der Waals surface area contributed by atoms with Crippen molar-refractivity contribution < 1.29 is 9.53 Å². The van der Waals surface area contributed by atoms with E-state index in [2.05, 4.69) is 47.2 Å². The average molecular weight is 406 g/mol. The van der Waals surface area contributed by atoms with Gasteiger partial charge in [0.05, 0.1) is 7.11 Å². The second kappa shape index (κ2) is 8.97. The summed E-state index contributed by atoms with van der Waals surface area (Å²) in [4.78, 5) is 14.5. The number of methoxy groups -OCH3 is 1. The van der Waals surface area contributed by atoms with E-state index in [1.807, 2.05) is 18.2 Å². The van der Waals surface area contributed by atoms with Crippen molar-refractivity contribution in [1.29, 1.82) is 0 Å². The molecule has 0 aliphatic rings. The highest BCUT2D eigenvalue weighted by Crippen LogP contribution is 2.27. The second-order valence-electron chi connectivity index (χ2n) is 3.89. The molecule has 1 atom stereocenters. The molecule has 0 bridgehead atoms. The number of hydrogen-bond acceptors (Lipinski definition) is 4. The van der Waals surface area contributed by atoms with Crippen LogP contribution in [-0.2, 0) is 9.53 Å². The number of ether oxygens (including phenoxy) is 1. The molecular weight excluding hydrogens is 392 g/mol. The highest BCUT2D eigenvalue weighted by molar-refractivity contribution is 9.13. The fourth-order valence-corrected chi connectivity index (χ4v) is 2.23. The van der Waals surface area contributed by atoms with E-state index in [9.17, 15) is 4.79 Å². The van der Waals surface area contributed by atoms with Gasteiger partial charge in [0.1, 0.15) is 6.04 Å². The van der Waals surface area contributed by atoms with Gasteiger partial charge in [-0.25, -0.2) is 4.79 Å². The maximum atomic E-state index is 11.8. The van der Waals surface area contributed by atoms with Gasteiger partial charge in [-0.1, -0.05) is 11.2 Å². The molecule has 0 aromatic heterocycles. The first kappa shape index (κ1) is 17.0. The first-order chi connectivity index (χ1) is 9.60. The number of carbonyl (C=O) groups is 1. The summed E-state index contributed by atoms with van der Waals surface area (Å²) >= 11 is 6.79. The first-order valence-electron chi connectivity index (χ1n) is 5.87. The summed E-state index contributed by atoms with van der Waals surface area (Å²) in [5, 5.41) is 6.54. The smallest absolute Gasteiger partial charge is 0.327 e. The Morgan fingerprint density at radius 1 is 1.50 bits per heavy atom. The molecule has 0 saturated carbocycles. The van der Waals surface area contributed by atoms with Crippen molar-refractivity contribution in [2.24, 2.45) is 5.11 Å². The van der Waals surface area contributed by atoms with Crippen LogP contribution < -0.4 is 5.32 Å². The number of nitrogens with zero attached hydrogens (tertiary/aromatic N) is 3. The number of benzene rings is 1. The molecule has 0 amide bonds. The SMILES string of the molecule is COC(=O)C(NCCCN=[N+]=[N-])c1ccc(Br)c(Br)c1. The zero-order chi connectivity index (χ0) is 15.0. The zero-order valence-corrected chi connectivity index (χ0v) is 14.0. The molecule has 0 saturated heterocycles. The quantitative estimate of drug-likeness (QED) is 0.246. The molecule has 6 nitrogen and oxygen atoms in total. The van der Waals surface area contributed by atoms with Gasteiger partial charge in [0.2, 0.25) is 0 Å². The maximum absolute atomic E-state index is 11.8. The molecule has 8 heteroatoms. The van der Waals surface area contributed by atoms with Crippen LogP contribution >= 0.6 is 31.9 Å². The van der Waals surface area contributed by atoms with Crippen LogP contribution in [0.3, 0.4) is 0 Å². The normalized spacial score (nSPS) is 11.6. The van der Waals surface area contributed by atoms with Crippen LogP contribution in [0.1, 0.15) is 18.0 Å². The van der Waals surface area contributed by atoms with Gasteiger partial charge in [-0.05, 0) is 68.1 Å². The Labute approximate surface area is 133 Å². The van der Waals surface area contributed by atoms with Crippen molar-refractivity contribution in [2.45, 2.75) is 12.5 Å². The number of esters is 1. The Kier molecular flexibility index (Phi) is 7.61. The molecule has 1 N–H and O–H groups in total. The molecule has 20 heavy (non-hydrogen) atoms. The standard InChI is InChI=1S/C12H14Br2N4O2/c1-20-12(19)11(16-5-2-6-17-18-15)8-3-4-9(13)10(14)7-8/h3-4,7,11,16H,2,5-6H2,1H3. The van der Waals surface area contributed by atoms with Gasteiger partial charge in [0.15, 0.2) is 0 Å². The molecule has 1 unspecified atom stereocenters. The van der Waals surface area contributed by atoms with E-state index in [0.29, 0.717) is 19.5 Å². The van der Waals surface area contributed by atoms with Gasteiger partial charge in [-0.2, -0.15) is 0 Å². The summed E-state index contributed by atoms with van der Waals surface area (Å²) in [6.45, 7) is 0.938. The lowest BCUT2D eigenvalue weighted by Gasteiger charge is -2.17. The third-order valence-electron chi connectivity index (χ3n) is 2.56. The monoisotopic (exact) mass is 404 g/mol. The zero-order valence-electron chi connectivity index (χ0n) is 10.8. The van der Waals surface area contributed by atoms with E-state index >= 15 is 0 Å². The van der Waals surface area contributed by atoms with Crippen LogP contribution in [0.25, 0.3) is 10.4 Å². The molecule has 0 spiro atoms. The van der Waals surface area contributed by atoms with Crippen LogP contribution in [-0.4, -0.2) is 26.2 Å². The minimum atomic E-state index is -0.546.